The molecule has 1 atom stereocenters. The normalized spacial score (nSPS) is 12.3. The summed E-state index contributed by atoms with van der Waals surface area (Å²) in [6.45, 7) is 1.65. The predicted molar refractivity (Wildman–Crippen MR) is 105 cm³/mol. The quantitative estimate of drug-likeness (QED) is 0.590. The van der Waals surface area contributed by atoms with Gasteiger partial charge in [-0.1, -0.05) is 13.0 Å². The number of carbonyl (C=O) groups is 1. The molecule has 0 saturated carbocycles. The highest BCUT2D eigenvalue weighted by atomic mass is 19.4. The number of aromatic nitrogens is 2. The molecule has 0 fully saturated rings. The molecule has 10 heteroatoms. The third-order valence-electron chi connectivity index (χ3n) is 4.23. The monoisotopic (exact) mass is 435 g/mol. The van der Waals surface area contributed by atoms with Crippen LogP contribution in [0.2, 0.25) is 0 Å². The van der Waals surface area contributed by atoms with E-state index in [4.69, 9.17) is 4.74 Å². The number of nitrogens with zero attached hydrogens (tertiary/aromatic N) is 2. The van der Waals surface area contributed by atoms with Gasteiger partial charge in [0.25, 0.3) is 11.5 Å². The summed E-state index contributed by atoms with van der Waals surface area (Å²) in [4.78, 5) is 24.6. The topological polar surface area (TPSA) is 73.2 Å². The van der Waals surface area contributed by atoms with Crippen LogP contribution >= 0.6 is 0 Å². The van der Waals surface area contributed by atoms with E-state index in [0.717, 1.165) is 28.9 Å². The van der Waals surface area contributed by atoms with E-state index in [9.17, 15) is 27.2 Å². The Bertz CT molecular complexity index is 1130. The molecule has 0 aliphatic heterocycles. The second kappa shape index (κ2) is 8.99. The Balaban J connectivity index is 1.78. The minimum absolute atomic E-state index is 0.0360. The van der Waals surface area contributed by atoms with Crippen molar-refractivity contribution in [3.63, 3.8) is 0 Å². The van der Waals surface area contributed by atoms with Crippen molar-refractivity contribution in [1.29, 1.82) is 0 Å². The van der Waals surface area contributed by atoms with Gasteiger partial charge in [-0.15, -0.1) is 5.10 Å². The summed E-state index contributed by atoms with van der Waals surface area (Å²) in [5.74, 6) is -1.22. The van der Waals surface area contributed by atoms with Gasteiger partial charge in [-0.3, -0.25) is 9.59 Å². The Kier molecular flexibility index (Phi) is 6.38. The van der Waals surface area contributed by atoms with Crippen LogP contribution in [-0.2, 0) is 11.0 Å². The maximum atomic E-state index is 13.1. The average Bonchev–Trinajstić information content (AvgIpc) is 2.73. The van der Waals surface area contributed by atoms with Crippen LogP contribution in [0.15, 0.2) is 65.5 Å². The summed E-state index contributed by atoms with van der Waals surface area (Å²) >= 11 is 0. The van der Waals surface area contributed by atoms with Gasteiger partial charge in [-0.2, -0.15) is 17.9 Å². The van der Waals surface area contributed by atoms with Crippen molar-refractivity contribution in [3.8, 4) is 11.6 Å². The first-order chi connectivity index (χ1) is 14.7. The van der Waals surface area contributed by atoms with Gasteiger partial charge in [0, 0.05) is 17.8 Å². The summed E-state index contributed by atoms with van der Waals surface area (Å²) < 4.78 is 58.2. The molecular weight excluding hydrogens is 418 g/mol. The molecular formula is C21H17F4N3O3. The molecule has 31 heavy (non-hydrogen) atoms. The van der Waals surface area contributed by atoms with Crippen LogP contribution in [-0.4, -0.2) is 21.8 Å². The number of alkyl halides is 3. The zero-order valence-electron chi connectivity index (χ0n) is 16.2. The lowest BCUT2D eigenvalue weighted by Crippen LogP contribution is -2.33. The first-order valence-electron chi connectivity index (χ1n) is 9.18. The number of rotatable bonds is 6. The lowest BCUT2D eigenvalue weighted by Gasteiger charge is -2.17. The fourth-order valence-electron chi connectivity index (χ4n) is 2.69. The highest BCUT2D eigenvalue weighted by Gasteiger charge is 2.30. The van der Waals surface area contributed by atoms with Crippen LogP contribution in [0.1, 0.15) is 18.9 Å². The Morgan fingerprint density at radius 1 is 1.13 bits per heavy atom. The van der Waals surface area contributed by atoms with Crippen molar-refractivity contribution in [3.05, 3.63) is 82.4 Å². The van der Waals surface area contributed by atoms with E-state index in [1.54, 1.807) is 6.92 Å². The maximum Gasteiger partial charge on any atom is 0.416 e. The second-order valence-corrected chi connectivity index (χ2v) is 6.48. The van der Waals surface area contributed by atoms with Gasteiger partial charge in [-0.25, -0.2) is 4.39 Å². The van der Waals surface area contributed by atoms with E-state index in [1.165, 1.54) is 36.4 Å². The smallest absolute Gasteiger partial charge is 0.416 e. The molecule has 0 aliphatic rings. The molecule has 3 rings (SSSR count). The van der Waals surface area contributed by atoms with Crippen molar-refractivity contribution < 1.29 is 27.1 Å². The largest absolute Gasteiger partial charge is 0.463 e. The fraction of sp³-hybridized carbons (Fsp3) is 0.190. The van der Waals surface area contributed by atoms with E-state index < -0.39 is 35.1 Å². The molecule has 0 radical (unpaired) electrons. The zero-order chi connectivity index (χ0) is 22.6. The lowest BCUT2D eigenvalue weighted by molar-refractivity contribution is -0.137. The molecule has 3 aromatic rings. The van der Waals surface area contributed by atoms with Crippen molar-refractivity contribution in [2.24, 2.45) is 0 Å². The van der Waals surface area contributed by atoms with Gasteiger partial charge in [0.15, 0.2) is 6.10 Å². The Labute approximate surface area is 174 Å². The molecule has 1 heterocycles. The summed E-state index contributed by atoms with van der Waals surface area (Å²) in [5, 5.41) is 6.41. The second-order valence-electron chi connectivity index (χ2n) is 6.48. The van der Waals surface area contributed by atoms with Crippen LogP contribution in [0.3, 0.4) is 0 Å². The molecule has 2 aromatic carbocycles. The van der Waals surface area contributed by atoms with Gasteiger partial charge in [0.1, 0.15) is 5.82 Å². The van der Waals surface area contributed by atoms with Crippen molar-refractivity contribution >= 4 is 11.6 Å². The molecule has 1 aromatic heterocycles. The predicted octanol–water partition coefficient (Wildman–Crippen LogP) is 4.19. The standard InChI is InChI=1S/C21H17F4N3O3/c1-2-17(20(30)26-15-5-3-4-13(12-15)21(23,24)25)31-18-10-11-19(29)28(27-18)16-8-6-14(22)7-9-16/h3-12,17H,2H2,1H3,(H,26,30)/t17-/m1/s1. The third-order valence-corrected chi connectivity index (χ3v) is 4.23. The number of anilines is 1. The summed E-state index contributed by atoms with van der Waals surface area (Å²) in [6, 6.07) is 11.7. The minimum atomic E-state index is -4.54. The number of amides is 1. The Morgan fingerprint density at radius 2 is 1.84 bits per heavy atom. The molecule has 0 bridgehead atoms. The third kappa shape index (κ3) is 5.47. The van der Waals surface area contributed by atoms with Crippen LogP contribution in [0.4, 0.5) is 23.2 Å². The van der Waals surface area contributed by atoms with Crippen LogP contribution < -0.4 is 15.6 Å². The van der Waals surface area contributed by atoms with E-state index in [2.05, 4.69) is 10.4 Å². The van der Waals surface area contributed by atoms with Gasteiger partial charge in [-0.05, 0) is 48.9 Å². The van der Waals surface area contributed by atoms with E-state index in [1.807, 2.05) is 0 Å². The number of ether oxygens (including phenoxy) is 1. The summed E-state index contributed by atoms with van der Waals surface area (Å²) in [6.07, 6.45) is -5.44. The molecule has 0 unspecified atom stereocenters. The zero-order valence-corrected chi connectivity index (χ0v) is 16.2. The van der Waals surface area contributed by atoms with Gasteiger partial charge in [0.2, 0.25) is 5.88 Å². The first-order valence-corrected chi connectivity index (χ1v) is 9.18. The van der Waals surface area contributed by atoms with Crippen LogP contribution in [0.25, 0.3) is 5.69 Å². The van der Waals surface area contributed by atoms with Gasteiger partial charge < -0.3 is 10.1 Å². The summed E-state index contributed by atoms with van der Waals surface area (Å²) in [7, 11) is 0. The van der Waals surface area contributed by atoms with E-state index >= 15 is 0 Å². The van der Waals surface area contributed by atoms with Crippen molar-refractivity contribution in [1.82, 2.24) is 9.78 Å². The fourth-order valence-corrected chi connectivity index (χ4v) is 2.69. The highest BCUT2D eigenvalue weighted by molar-refractivity contribution is 5.94. The SMILES string of the molecule is CC[C@@H](Oc1ccc(=O)n(-c2ccc(F)cc2)n1)C(=O)Nc1cccc(C(F)(F)F)c1. The number of carbonyl (C=O) groups excluding carboxylic acids is 1. The molecule has 1 amide bonds. The van der Waals surface area contributed by atoms with Crippen LogP contribution in [0.5, 0.6) is 5.88 Å². The lowest BCUT2D eigenvalue weighted by atomic mass is 10.2. The molecule has 0 saturated heterocycles. The Morgan fingerprint density at radius 3 is 2.48 bits per heavy atom. The molecule has 0 aliphatic carbocycles. The number of halogens is 4. The van der Waals surface area contributed by atoms with Crippen molar-refractivity contribution in [2.45, 2.75) is 25.6 Å². The Hall–Kier alpha value is -3.69. The first kappa shape index (κ1) is 22.0. The van der Waals surface area contributed by atoms with E-state index in [-0.39, 0.29) is 18.0 Å². The molecule has 1 N–H and O–H groups in total. The average molecular weight is 435 g/mol. The number of hydrogen-bond donors (Lipinski definition) is 1. The summed E-state index contributed by atoms with van der Waals surface area (Å²) in [5.41, 5.74) is -1.14. The highest BCUT2D eigenvalue weighted by Crippen LogP contribution is 2.30. The maximum absolute atomic E-state index is 13.1. The number of nitrogens with one attached hydrogen (secondary N) is 1. The molecule has 6 nitrogen and oxygen atoms in total. The number of benzene rings is 2. The molecule has 162 valence electrons. The number of hydrogen-bond acceptors (Lipinski definition) is 4. The van der Waals surface area contributed by atoms with Gasteiger partial charge in [0.05, 0.1) is 11.3 Å². The van der Waals surface area contributed by atoms with Gasteiger partial charge >= 0.3 is 6.18 Å². The minimum Gasteiger partial charge on any atom is -0.463 e. The van der Waals surface area contributed by atoms with Crippen molar-refractivity contribution in [2.75, 3.05) is 5.32 Å². The van der Waals surface area contributed by atoms with E-state index in [0.29, 0.717) is 5.69 Å². The van der Waals surface area contributed by atoms with Crippen LogP contribution in [0, 0.1) is 5.82 Å². The molecule has 0 spiro atoms.